The van der Waals surface area contributed by atoms with Gasteiger partial charge < -0.3 is 10.6 Å². The molecule has 20 heavy (non-hydrogen) atoms. The van der Waals surface area contributed by atoms with Gasteiger partial charge in [0.15, 0.2) is 0 Å². The Morgan fingerprint density at radius 2 is 1.90 bits per heavy atom. The second-order valence-electron chi connectivity index (χ2n) is 5.15. The van der Waals surface area contributed by atoms with Crippen LogP contribution in [0.2, 0.25) is 0 Å². The summed E-state index contributed by atoms with van der Waals surface area (Å²) >= 11 is 1.70. The molecular formula is C16H20N2OS. The summed E-state index contributed by atoms with van der Waals surface area (Å²) in [5.74, 6) is 0.0179. The Labute approximate surface area is 124 Å². The van der Waals surface area contributed by atoms with Crippen molar-refractivity contribution in [1.29, 1.82) is 0 Å². The minimum Gasteiger partial charge on any atom is -0.378 e. The molecule has 1 aromatic heterocycles. The van der Waals surface area contributed by atoms with Crippen LogP contribution in [0.5, 0.6) is 0 Å². The zero-order valence-corrected chi connectivity index (χ0v) is 12.8. The maximum Gasteiger partial charge on any atom is 0.226 e. The monoisotopic (exact) mass is 288 g/mol. The third-order valence-corrected chi connectivity index (χ3v) is 3.78. The first kappa shape index (κ1) is 14.6. The molecule has 106 valence electrons. The van der Waals surface area contributed by atoms with Crippen LogP contribution in [0.15, 0.2) is 41.1 Å². The van der Waals surface area contributed by atoms with Gasteiger partial charge in [-0.1, -0.05) is 19.9 Å². The standard InChI is InChI=1S/C16H20N2OS/c1-11(2)16(19)18-15-6-4-5-14(9-15)17-12(3)13-7-8-20-10-13/h4-12,17H,1-3H3,(H,18,19). The first-order valence-corrected chi connectivity index (χ1v) is 7.70. The van der Waals surface area contributed by atoms with Gasteiger partial charge in [0.05, 0.1) is 0 Å². The van der Waals surface area contributed by atoms with Crippen molar-refractivity contribution in [3.8, 4) is 0 Å². The van der Waals surface area contributed by atoms with Gasteiger partial charge in [-0.25, -0.2) is 0 Å². The van der Waals surface area contributed by atoms with E-state index in [4.69, 9.17) is 0 Å². The highest BCUT2D eigenvalue weighted by molar-refractivity contribution is 7.07. The Balaban J connectivity index is 2.04. The van der Waals surface area contributed by atoms with Crippen LogP contribution >= 0.6 is 11.3 Å². The predicted octanol–water partition coefficient (Wildman–Crippen LogP) is 4.52. The van der Waals surface area contributed by atoms with E-state index in [-0.39, 0.29) is 17.9 Å². The van der Waals surface area contributed by atoms with Gasteiger partial charge in [-0.2, -0.15) is 11.3 Å². The molecule has 0 spiro atoms. The molecule has 1 atom stereocenters. The molecule has 1 aromatic carbocycles. The lowest BCUT2D eigenvalue weighted by Crippen LogP contribution is -2.17. The normalized spacial score (nSPS) is 12.2. The fourth-order valence-corrected chi connectivity index (χ4v) is 2.58. The molecule has 1 unspecified atom stereocenters. The maximum absolute atomic E-state index is 11.7. The van der Waals surface area contributed by atoms with Gasteiger partial charge in [-0.15, -0.1) is 0 Å². The lowest BCUT2D eigenvalue weighted by Gasteiger charge is -2.15. The van der Waals surface area contributed by atoms with Crippen molar-refractivity contribution in [2.24, 2.45) is 5.92 Å². The summed E-state index contributed by atoms with van der Waals surface area (Å²) in [6.07, 6.45) is 0. The molecule has 2 N–H and O–H groups in total. The van der Waals surface area contributed by atoms with Crippen molar-refractivity contribution < 1.29 is 4.79 Å². The first-order valence-electron chi connectivity index (χ1n) is 6.76. The van der Waals surface area contributed by atoms with Crippen LogP contribution in [0.3, 0.4) is 0 Å². The number of carbonyl (C=O) groups is 1. The van der Waals surface area contributed by atoms with Gasteiger partial charge in [0.25, 0.3) is 0 Å². The number of carbonyl (C=O) groups excluding carboxylic acids is 1. The maximum atomic E-state index is 11.7. The zero-order chi connectivity index (χ0) is 14.5. The quantitative estimate of drug-likeness (QED) is 0.849. The molecule has 2 aromatic rings. The summed E-state index contributed by atoms with van der Waals surface area (Å²) in [6.45, 7) is 5.90. The third kappa shape index (κ3) is 3.84. The van der Waals surface area contributed by atoms with Crippen molar-refractivity contribution >= 4 is 28.6 Å². The van der Waals surface area contributed by atoms with Crippen LogP contribution in [0.4, 0.5) is 11.4 Å². The molecule has 0 bridgehead atoms. The number of hydrogen-bond donors (Lipinski definition) is 2. The van der Waals surface area contributed by atoms with Gasteiger partial charge in [-0.05, 0) is 47.5 Å². The number of amides is 1. The van der Waals surface area contributed by atoms with E-state index in [0.29, 0.717) is 0 Å². The summed E-state index contributed by atoms with van der Waals surface area (Å²) in [6, 6.07) is 10.2. The Morgan fingerprint density at radius 1 is 1.15 bits per heavy atom. The fourth-order valence-electron chi connectivity index (χ4n) is 1.83. The van der Waals surface area contributed by atoms with Gasteiger partial charge in [0.2, 0.25) is 5.91 Å². The minimum absolute atomic E-state index is 0.0173. The molecule has 0 aliphatic rings. The molecule has 1 heterocycles. The van der Waals surface area contributed by atoms with E-state index >= 15 is 0 Å². The van der Waals surface area contributed by atoms with Crippen LogP contribution < -0.4 is 10.6 Å². The topological polar surface area (TPSA) is 41.1 Å². The number of hydrogen-bond acceptors (Lipinski definition) is 3. The number of thiophene rings is 1. The van der Waals surface area contributed by atoms with Crippen LogP contribution in [-0.2, 0) is 4.79 Å². The number of nitrogens with one attached hydrogen (secondary N) is 2. The van der Waals surface area contributed by atoms with Crippen molar-refractivity contribution in [2.75, 3.05) is 10.6 Å². The smallest absolute Gasteiger partial charge is 0.226 e. The Morgan fingerprint density at radius 3 is 2.55 bits per heavy atom. The molecule has 0 saturated carbocycles. The summed E-state index contributed by atoms with van der Waals surface area (Å²) in [5.41, 5.74) is 3.10. The highest BCUT2D eigenvalue weighted by Crippen LogP contribution is 2.23. The summed E-state index contributed by atoms with van der Waals surface area (Å²) < 4.78 is 0. The molecular weight excluding hydrogens is 268 g/mol. The summed E-state index contributed by atoms with van der Waals surface area (Å²) in [7, 11) is 0. The summed E-state index contributed by atoms with van der Waals surface area (Å²) in [5, 5.41) is 10.6. The Bertz CT molecular complexity index is 564. The zero-order valence-electron chi connectivity index (χ0n) is 12.0. The van der Waals surface area contributed by atoms with Gasteiger partial charge in [0.1, 0.15) is 0 Å². The van der Waals surface area contributed by atoms with Crippen LogP contribution in [0.25, 0.3) is 0 Å². The van der Waals surface area contributed by atoms with E-state index < -0.39 is 0 Å². The third-order valence-electron chi connectivity index (χ3n) is 3.08. The van der Waals surface area contributed by atoms with E-state index in [1.165, 1.54) is 5.56 Å². The molecule has 0 radical (unpaired) electrons. The van der Waals surface area contributed by atoms with E-state index in [2.05, 4.69) is 34.4 Å². The van der Waals surface area contributed by atoms with E-state index in [1.807, 2.05) is 38.1 Å². The van der Waals surface area contributed by atoms with Gasteiger partial charge in [-0.3, -0.25) is 4.79 Å². The van der Waals surface area contributed by atoms with Crippen LogP contribution in [0.1, 0.15) is 32.4 Å². The molecule has 2 rings (SSSR count). The first-order chi connectivity index (χ1) is 9.56. The average molecular weight is 288 g/mol. The predicted molar refractivity (Wildman–Crippen MR) is 86.3 cm³/mol. The van der Waals surface area contributed by atoms with Gasteiger partial charge >= 0.3 is 0 Å². The fraction of sp³-hybridized carbons (Fsp3) is 0.312. The highest BCUT2D eigenvalue weighted by Gasteiger charge is 2.09. The average Bonchev–Trinajstić information content (AvgIpc) is 2.92. The second-order valence-corrected chi connectivity index (χ2v) is 5.93. The van der Waals surface area contributed by atoms with Crippen molar-refractivity contribution in [3.63, 3.8) is 0 Å². The molecule has 0 fully saturated rings. The molecule has 0 saturated heterocycles. The van der Waals surface area contributed by atoms with E-state index in [1.54, 1.807) is 11.3 Å². The molecule has 0 aliphatic heterocycles. The highest BCUT2D eigenvalue weighted by atomic mass is 32.1. The molecule has 1 amide bonds. The van der Waals surface area contributed by atoms with Crippen molar-refractivity contribution in [1.82, 2.24) is 0 Å². The lowest BCUT2D eigenvalue weighted by atomic mass is 10.1. The molecule has 4 heteroatoms. The van der Waals surface area contributed by atoms with E-state index in [0.717, 1.165) is 11.4 Å². The lowest BCUT2D eigenvalue weighted by molar-refractivity contribution is -0.118. The molecule has 0 aliphatic carbocycles. The Kier molecular flexibility index (Phi) is 4.79. The van der Waals surface area contributed by atoms with Crippen LogP contribution in [0, 0.1) is 5.92 Å². The largest absolute Gasteiger partial charge is 0.378 e. The second kappa shape index (κ2) is 6.57. The van der Waals surface area contributed by atoms with Gasteiger partial charge in [0, 0.05) is 23.3 Å². The van der Waals surface area contributed by atoms with Crippen LogP contribution in [-0.4, -0.2) is 5.91 Å². The minimum atomic E-state index is -0.0173. The van der Waals surface area contributed by atoms with Crippen molar-refractivity contribution in [3.05, 3.63) is 46.7 Å². The Hall–Kier alpha value is -1.81. The van der Waals surface area contributed by atoms with E-state index in [9.17, 15) is 4.79 Å². The van der Waals surface area contributed by atoms with Crippen molar-refractivity contribution in [2.45, 2.75) is 26.8 Å². The SMILES string of the molecule is CC(C)C(=O)Nc1cccc(NC(C)c2ccsc2)c1. The number of rotatable bonds is 5. The molecule has 3 nitrogen and oxygen atoms in total. The summed E-state index contributed by atoms with van der Waals surface area (Å²) in [4.78, 5) is 11.7. The number of benzene rings is 1. The number of anilines is 2.